The molecule has 1 saturated carbocycles. The van der Waals surface area contributed by atoms with Crippen molar-refractivity contribution in [2.45, 2.75) is 12.8 Å². The van der Waals surface area contributed by atoms with Crippen LogP contribution in [0.1, 0.15) is 12.8 Å². The van der Waals surface area contributed by atoms with Gasteiger partial charge in [0.15, 0.2) is 0 Å². The van der Waals surface area contributed by atoms with Gasteiger partial charge in [0, 0.05) is 19.6 Å². The van der Waals surface area contributed by atoms with Crippen molar-refractivity contribution in [2.24, 2.45) is 23.7 Å². The largest absolute Gasteiger partial charge is 0.481 e. The molecule has 0 aromatic carbocycles. The summed E-state index contributed by atoms with van der Waals surface area (Å²) < 4.78 is 0. The summed E-state index contributed by atoms with van der Waals surface area (Å²) >= 11 is 0. The molecule has 4 atom stereocenters. The van der Waals surface area contributed by atoms with Crippen LogP contribution < -0.4 is 0 Å². The average Bonchev–Trinajstić information content (AvgIpc) is 2.86. The van der Waals surface area contributed by atoms with Crippen molar-refractivity contribution in [1.82, 2.24) is 4.90 Å². The minimum absolute atomic E-state index is 0.294. The molecule has 0 radical (unpaired) electrons. The Morgan fingerprint density at radius 1 is 1.27 bits per heavy atom. The third-order valence-corrected chi connectivity index (χ3v) is 4.38. The minimum atomic E-state index is -0.673. The smallest absolute Gasteiger partial charge is 0.304 e. The normalized spacial score (nSPS) is 42.4. The Morgan fingerprint density at radius 3 is 2.40 bits per heavy atom. The SMILES string of the molecule is O=C(O)CCN1C[C@@H]2C3C=CC(C3)[C@@H]2C1. The quantitative estimate of drug-likeness (QED) is 0.707. The highest BCUT2D eigenvalue weighted by Gasteiger charge is 2.48. The fourth-order valence-electron chi connectivity index (χ4n) is 3.68. The number of nitrogens with zero attached hydrogens (tertiary/aromatic N) is 1. The zero-order valence-electron chi connectivity index (χ0n) is 8.80. The molecule has 3 rings (SSSR count). The Balaban J connectivity index is 1.59. The second kappa shape index (κ2) is 3.34. The van der Waals surface area contributed by atoms with Crippen LogP contribution in [0.15, 0.2) is 12.2 Å². The van der Waals surface area contributed by atoms with E-state index in [0.717, 1.165) is 43.3 Å². The number of hydrogen-bond donors (Lipinski definition) is 1. The van der Waals surface area contributed by atoms with Crippen molar-refractivity contribution in [3.8, 4) is 0 Å². The van der Waals surface area contributed by atoms with Crippen LogP contribution in [0.4, 0.5) is 0 Å². The van der Waals surface area contributed by atoms with Crippen molar-refractivity contribution in [1.29, 1.82) is 0 Å². The molecule has 0 aromatic rings. The molecular weight excluding hydrogens is 190 g/mol. The van der Waals surface area contributed by atoms with E-state index in [2.05, 4.69) is 17.1 Å². The number of hydrogen-bond acceptors (Lipinski definition) is 2. The lowest BCUT2D eigenvalue weighted by atomic mass is 9.86. The molecule has 0 aromatic heterocycles. The lowest BCUT2D eigenvalue weighted by molar-refractivity contribution is -0.137. The fourth-order valence-corrected chi connectivity index (χ4v) is 3.68. The highest BCUT2D eigenvalue weighted by molar-refractivity contribution is 5.66. The van der Waals surface area contributed by atoms with Gasteiger partial charge in [-0.3, -0.25) is 4.79 Å². The predicted octanol–water partition coefficient (Wildman–Crippen LogP) is 1.22. The van der Waals surface area contributed by atoms with Crippen molar-refractivity contribution in [3.05, 3.63) is 12.2 Å². The summed E-state index contributed by atoms with van der Waals surface area (Å²) in [6, 6.07) is 0. The molecule has 2 aliphatic carbocycles. The summed E-state index contributed by atoms with van der Waals surface area (Å²) in [6.07, 6.45) is 6.42. The first-order chi connectivity index (χ1) is 7.24. The standard InChI is InChI=1S/C12H17NO2/c14-12(15)3-4-13-6-10-8-1-2-9(5-8)11(10)7-13/h1-2,8-11H,3-7H2,(H,14,15)/t8?,9?,10-,11+. The topological polar surface area (TPSA) is 40.5 Å². The number of fused-ring (bicyclic) bond motifs is 5. The third-order valence-electron chi connectivity index (χ3n) is 4.38. The molecule has 3 heteroatoms. The Morgan fingerprint density at radius 2 is 1.87 bits per heavy atom. The van der Waals surface area contributed by atoms with E-state index in [1.54, 1.807) is 0 Å². The Hall–Kier alpha value is -0.830. The maximum atomic E-state index is 10.5. The van der Waals surface area contributed by atoms with E-state index in [0.29, 0.717) is 6.42 Å². The van der Waals surface area contributed by atoms with Crippen molar-refractivity contribution >= 4 is 5.97 Å². The molecule has 0 spiro atoms. The Labute approximate surface area is 89.8 Å². The molecule has 1 heterocycles. The number of carbonyl (C=O) groups is 1. The summed E-state index contributed by atoms with van der Waals surface area (Å²) in [4.78, 5) is 12.8. The summed E-state index contributed by atoms with van der Waals surface area (Å²) in [7, 11) is 0. The molecule has 82 valence electrons. The average molecular weight is 207 g/mol. The second-order valence-electron chi connectivity index (χ2n) is 5.18. The van der Waals surface area contributed by atoms with Gasteiger partial charge in [-0.15, -0.1) is 0 Å². The molecule has 15 heavy (non-hydrogen) atoms. The van der Waals surface area contributed by atoms with Crippen molar-refractivity contribution < 1.29 is 9.90 Å². The Bertz CT molecular complexity index is 293. The van der Waals surface area contributed by atoms with Gasteiger partial charge in [0.1, 0.15) is 0 Å². The minimum Gasteiger partial charge on any atom is -0.481 e. The van der Waals surface area contributed by atoms with Gasteiger partial charge in [0.25, 0.3) is 0 Å². The Kier molecular flexibility index (Phi) is 2.09. The van der Waals surface area contributed by atoms with E-state index < -0.39 is 5.97 Å². The molecule has 0 amide bonds. The van der Waals surface area contributed by atoms with Crippen molar-refractivity contribution in [3.63, 3.8) is 0 Å². The van der Waals surface area contributed by atoms with Crippen LogP contribution >= 0.6 is 0 Å². The first-order valence-corrected chi connectivity index (χ1v) is 5.86. The highest BCUT2D eigenvalue weighted by Crippen LogP contribution is 2.51. The van der Waals surface area contributed by atoms with Crippen LogP contribution in [0.25, 0.3) is 0 Å². The zero-order valence-corrected chi connectivity index (χ0v) is 8.80. The zero-order chi connectivity index (χ0) is 10.4. The van der Waals surface area contributed by atoms with Crippen LogP contribution in [0, 0.1) is 23.7 Å². The second-order valence-corrected chi connectivity index (χ2v) is 5.18. The summed E-state index contributed by atoms with van der Waals surface area (Å²) in [5.41, 5.74) is 0. The van der Waals surface area contributed by atoms with Gasteiger partial charge in [-0.2, -0.15) is 0 Å². The van der Waals surface area contributed by atoms with Crippen LogP contribution in [0.3, 0.4) is 0 Å². The van der Waals surface area contributed by atoms with Gasteiger partial charge in [-0.1, -0.05) is 12.2 Å². The van der Waals surface area contributed by atoms with Gasteiger partial charge < -0.3 is 10.0 Å². The molecule has 3 aliphatic rings. The van der Waals surface area contributed by atoms with Crippen molar-refractivity contribution in [2.75, 3.05) is 19.6 Å². The van der Waals surface area contributed by atoms with Gasteiger partial charge in [0.2, 0.25) is 0 Å². The van der Waals surface area contributed by atoms with Crippen LogP contribution in [0.5, 0.6) is 0 Å². The lowest BCUT2D eigenvalue weighted by Gasteiger charge is -2.17. The number of rotatable bonds is 3. The van der Waals surface area contributed by atoms with E-state index in [1.807, 2.05) is 0 Å². The maximum Gasteiger partial charge on any atom is 0.304 e. The van der Waals surface area contributed by atoms with E-state index in [4.69, 9.17) is 5.11 Å². The molecule has 1 saturated heterocycles. The van der Waals surface area contributed by atoms with E-state index in [9.17, 15) is 4.79 Å². The van der Waals surface area contributed by atoms with Gasteiger partial charge >= 0.3 is 5.97 Å². The van der Waals surface area contributed by atoms with Gasteiger partial charge in [0.05, 0.1) is 6.42 Å². The van der Waals surface area contributed by atoms with Crippen LogP contribution in [-0.4, -0.2) is 35.6 Å². The van der Waals surface area contributed by atoms with E-state index >= 15 is 0 Å². The molecule has 3 nitrogen and oxygen atoms in total. The van der Waals surface area contributed by atoms with Crippen LogP contribution in [-0.2, 0) is 4.79 Å². The molecule has 1 N–H and O–H groups in total. The predicted molar refractivity (Wildman–Crippen MR) is 56.4 cm³/mol. The number of likely N-dealkylation sites (tertiary alicyclic amines) is 1. The molecule has 2 fully saturated rings. The van der Waals surface area contributed by atoms with Crippen LogP contribution in [0.2, 0.25) is 0 Å². The molecule has 2 bridgehead atoms. The first-order valence-electron chi connectivity index (χ1n) is 5.86. The third kappa shape index (κ3) is 1.49. The molecule has 1 aliphatic heterocycles. The monoisotopic (exact) mass is 207 g/mol. The maximum absolute atomic E-state index is 10.5. The number of allylic oxidation sites excluding steroid dienone is 2. The first kappa shape index (κ1) is 9.40. The number of carboxylic acids is 1. The fraction of sp³-hybridized carbons (Fsp3) is 0.750. The summed E-state index contributed by atoms with van der Waals surface area (Å²) in [5.74, 6) is 2.58. The summed E-state index contributed by atoms with van der Waals surface area (Å²) in [6.45, 7) is 2.99. The highest BCUT2D eigenvalue weighted by atomic mass is 16.4. The lowest BCUT2D eigenvalue weighted by Crippen LogP contribution is -2.25. The van der Waals surface area contributed by atoms with E-state index in [1.165, 1.54) is 6.42 Å². The number of carboxylic acid groups (broad SMARTS) is 1. The molecular formula is C12H17NO2. The number of aliphatic carboxylic acids is 1. The van der Waals surface area contributed by atoms with E-state index in [-0.39, 0.29) is 0 Å². The van der Waals surface area contributed by atoms with Gasteiger partial charge in [-0.05, 0) is 30.1 Å². The van der Waals surface area contributed by atoms with Gasteiger partial charge in [-0.25, -0.2) is 0 Å². The molecule has 2 unspecified atom stereocenters. The summed E-state index contributed by atoms with van der Waals surface area (Å²) in [5, 5.41) is 8.65.